The summed E-state index contributed by atoms with van der Waals surface area (Å²) < 4.78 is 0. The first kappa shape index (κ1) is 8.85. The molecule has 0 atom stereocenters. The summed E-state index contributed by atoms with van der Waals surface area (Å²) in [5, 5.41) is 2.06. The van der Waals surface area contributed by atoms with Gasteiger partial charge in [-0.05, 0) is 18.1 Å². The number of hydrogen-bond donors (Lipinski definition) is 1. The van der Waals surface area contributed by atoms with E-state index in [1.165, 1.54) is 5.56 Å². The average molecular weight is 215 g/mol. The van der Waals surface area contributed by atoms with E-state index in [9.17, 15) is 0 Å². The van der Waals surface area contributed by atoms with Crippen molar-refractivity contribution in [3.05, 3.63) is 28.0 Å². The van der Waals surface area contributed by atoms with Crippen molar-refractivity contribution in [3.63, 3.8) is 0 Å². The molecular formula is C9H8Cl2N2. The maximum atomic E-state index is 6.04. The molecule has 0 saturated carbocycles. The van der Waals surface area contributed by atoms with E-state index in [4.69, 9.17) is 23.2 Å². The van der Waals surface area contributed by atoms with E-state index in [1.54, 1.807) is 6.07 Å². The van der Waals surface area contributed by atoms with Gasteiger partial charge in [0.1, 0.15) is 10.8 Å². The lowest BCUT2D eigenvalue weighted by Gasteiger charge is -1.97. The van der Waals surface area contributed by atoms with Gasteiger partial charge < -0.3 is 4.98 Å². The highest BCUT2D eigenvalue weighted by atomic mass is 35.5. The fraction of sp³-hybridized carbons (Fsp3) is 0.222. The van der Waals surface area contributed by atoms with E-state index in [0.717, 1.165) is 17.5 Å². The summed E-state index contributed by atoms with van der Waals surface area (Å²) in [5.41, 5.74) is 1.93. The predicted molar refractivity (Wildman–Crippen MR) is 55.5 cm³/mol. The van der Waals surface area contributed by atoms with Gasteiger partial charge in [0, 0.05) is 11.6 Å². The van der Waals surface area contributed by atoms with Gasteiger partial charge in [-0.25, -0.2) is 4.98 Å². The number of aryl methyl sites for hydroxylation is 1. The number of halogens is 2. The molecule has 0 unspecified atom stereocenters. The number of aromatic nitrogens is 2. The number of H-pyrrole nitrogens is 1. The molecule has 68 valence electrons. The maximum Gasteiger partial charge on any atom is 0.140 e. The first-order valence-corrected chi connectivity index (χ1v) is 4.80. The zero-order chi connectivity index (χ0) is 9.42. The molecule has 0 aromatic carbocycles. The third-order valence-electron chi connectivity index (χ3n) is 2.03. The average Bonchev–Trinajstić information content (AvgIpc) is 2.47. The van der Waals surface area contributed by atoms with Crippen molar-refractivity contribution in [2.45, 2.75) is 13.3 Å². The molecule has 4 heteroatoms. The predicted octanol–water partition coefficient (Wildman–Crippen LogP) is 3.43. The summed E-state index contributed by atoms with van der Waals surface area (Å²) in [6.45, 7) is 2.08. The standard InChI is InChI=1S/C9H8Cl2N2/c1-2-5-4-12-9-8(5)6(10)3-7(11)13-9/h3-4H,2H2,1H3,(H,12,13). The third kappa shape index (κ3) is 1.40. The van der Waals surface area contributed by atoms with E-state index in [-0.39, 0.29) is 0 Å². The Balaban J connectivity index is 2.82. The van der Waals surface area contributed by atoms with E-state index >= 15 is 0 Å². The molecule has 0 aliphatic rings. The fourth-order valence-electron chi connectivity index (χ4n) is 1.40. The number of rotatable bonds is 1. The second kappa shape index (κ2) is 3.20. The third-order valence-corrected chi connectivity index (χ3v) is 2.52. The minimum atomic E-state index is 0.419. The van der Waals surface area contributed by atoms with Crippen LogP contribution in [0.25, 0.3) is 11.0 Å². The Labute approximate surface area is 85.9 Å². The van der Waals surface area contributed by atoms with Crippen LogP contribution in [-0.4, -0.2) is 9.97 Å². The fourth-order valence-corrected chi connectivity index (χ4v) is 1.96. The molecule has 0 amide bonds. The van der Waals surface area contributed by atoms with Crippen LogP contribution in [0.15, 0.2) is 12.3 Å². The Kier molecular flexibility index (Phi) is 2.18. The Morgan fingerprint density at radius 3 is 2.92 bits per heavy atom. The zero-order valence-corrected chi connectivity index (χ0v) is 8.58. The first-order chi connectivity index (χ1) is 6.22. The van der Waals surface area contributed by atoms with Crippen molar-refractivity contribution in [1.82, 2.24) is 9.97 Å². The Hall–Kier alpha value is -0.730. The summed E-state index contributed by atoms with van der Waals surface area (Å²) in [6, 6.07) is 1.67. The first-order valence-electron chi connectivity index (χ1n) is 4.04. The number of aromatic amines is 1. The summed E-state index contributed by atoms with van der Waals surface area (Å²) in [4.78, 5) is 7.17. The number of nitrogens with one attached hydrogen (secondary N) is 1. The molecule has 0 aliphatic heterocycles. The highest BCUT2D eigenvalue weighted by Gasteiger charge is 2.08. The quantitative estimate of drug-likeness (QED) is 0.725. The van der Waals surface area contributed by atoms with Crippen molar-refractivity contribution in [2.24, 2.45) is 0 Å². The summed E-state index contributed by atoms with van der Waals surface area (Å²) in [7, 11) is 0. The highest BCUT2D eigenvalue weighted by molar-refractivity contribution is 6.37. The van der Waals surface area contributed by atoms with Crippen LogP contribution in [0.1, 0.15) is 12.5 Å². The van der Waals surface area contributed by atoms with Crippen molar-refractivity contribution in [3.8, 4) is 0 Å². The molecule has 0 aliphatic carbocycles. The summed E-state index contributed by atoms with van der Waals surface area (Å²) in [6.07, 6.45) is 2.85. The van der Waals surface area contributed by atoms with Crippen LogP contribution >= 0.6 is 23.2 Å². The number of fused-ring (bicyclic) bond motifs is 1. The lowest BCUT2D eigenvalue weighted by molar-refractivity contribution is 1.15. The minimum absolute atomic E-state index is 0.419. The van der Waals surface area contributed by atoms with Gasteiger partial charge in [-0.1, -0.05) is 30.1 Å². The van der Waals surface area contributed by atoms with Crippen LogP contribution in [-0.2, 0) is 6.42 Å². The molecule has 0 bridgehead atoms. The molecule has 0 saturated heterocycles. The molecule has 2 aromatic heterocycles. The molecule has 13 heavy (non-hydrogen) atoms. The molecule has 2 aromatic rings. The molecule has 0 fully saturated rings. The molecule has 0 spiro atoms. The van der Waals surface area contributed by atoms with Gasteiger partial charge in [0.25, 0.3) is 0 Å². The Morgan fingerprint density at radius 1 is 1.46 bits per heavy atom. The molecule has 2 heterocycles. The van der Waals surface area contributed by atoms with Gasteiger partial charge in [-0.3, -0.25) is 0 Å². The summed E-state index contributed by atoms with van der Waals surface area (Å²) >= 11 is 11.8. The normalized spacial score (nSPS) is 11.0. The SMILES string of the molecule is CCc1c[nH]c2nc(Cl)cc(Cl)c12. The number of pyridine rings is 1. The molecule has 2 nitrogen and oxygen atoms in total. The molecule has 0 radical (unpaired) electrons. The van der Waals surface area contributed by atoms with Gasteiger partial charge >= 0.3 is 0 Å². The zero-order valence-electron chi connectivity index (χ0n) is 7.06. The van der Waals surface area contributed by atoms with Crippen LogP contribution < -0.4 is 0 Å². The van der Waals surface area contributed by atoms with E-state index in [1.807, 2.05) is 6.20 Å². The van der Waals surface area contributed by atoms with Crippen LogP contribution in [0.4, 0.5) is 0 Å². The van der Waals surface area contributed by atoms with Crippen LogP contribution in [0.5, 0.6) is 0 Å². The topological polar surface area (TPSA) is 28.7 Å². The van der Waals surface area contributed by atoms with E-state index in [0.29, 0.717) is 10.2 Å². The van der Waals surface area contributed by atoms with Crippen molar-refractivity contribution >= 4 is 34.2 Å². The lowest BCUT2D eigenvalue weighted by Crippen LogP contribution is -1.81. The number of nitrogens with zero attached hydrogens (tertiary/aromatic N) is 1. The van der Waals surface area contributed by atoms with Crippen LogP contribution in [0, 0.1) is 0 Å². The van der Waals surface area contributed by atoms with Crippen LogP contribution in [0.2, 0.25) is 10.2 Å². The monoisotopic (exact) mass is 214 g/mol. The van der Waals surface area contributed by atoms with Gasteiger partial charge in [0.05, 0.1) is 5.02 Å². The molecule has 2 rings (SSSR count). The molecule has 1 N–H and O–H groups in total. The second-order valence-corrected chi connectivity index (χ2v) is 3.61. The van der Waals surface area contributed by atoms with Crippen molar-refractivity contribution < 1.29 is 0 Å². The molecular weight excluding hydrogens is 207 g/mol. The van der Waals surface area contributed by atoms with E-state index in [2.05, 4.69) is 16.9 Å². The van der Waals surface area contributed by atoms with Crippen molar-refractivity contribution in [1.29, 1.82) is 0 Å². The van der Waals surface area contributed by atoms with Gasteiger partial charge in [0.15, 0.2) is 0 Å². The van der Waals surface area contributed by atoms with Gasteiger partial charge in [-0.2, -0.15) is 0 Å². The van der Waals surface area contributed by atoms with E-state index < -0.39 is 0 Å². The minimum Gasteiger partial charge on any atom is -0.346 e. The smallest absolute Gasteiger partial charge is 0.140 e. The largest absolute Gasteiger partial charge is 0.346 e. The van der Waals surface area contributed by atoms with Crippen molar-refractivity contribution in [2.75, 3.05) is 0 Å². The Morgan fingerprint density at radius 2 is 2.23 bits per heavy atom. The Bertz CT molecular complexity index is 448. The highest BCUT2D eigenvalue weighted by Crippen LogP contribution is 2.27. The lowest BCUT2D eigenvalue weighted by atomic mass is 10.2. The summed E-state index contributed by atoms with van der Waals surface area (Å²) in [5.74, 6) is 0. The second-order valence-electron chi connectivity index (χ2n) is 2.82. The number of hydrogen-bond acceptors (Lipinski definition) is 1. The van der Waals surface area contributed by atoms with Gasteiger partial charge in [-0.15, -0.1) is 0 Å². The van der Waals surface area contributed by atoms with Crippen LogP contribution in [0.3, 0.4) is 0 Å². The van der Waals surface area contributed by atoms with Gasteiger partial charge in [0.2, 0.25) is 0 Å². The maximum absolute atomic E-state index is 6.04.